The van der Waals surface area contributed by atoms with E-state index in [1.807, 2.05) is 30.3 Å². The molecule has 2 heterocycles. The lowest BCUT2D eigenvalue weighted by atomic mass is 9.85. The largest absolute Gasteiger partial charge is 0.497 e. The molecule has 3 fully saturated rings. The van der Waals surface area contributed by atoms with Gasteiger partial charge in [-0.25, -0.2) is 18.2 Å². The van der Waals surface area contributed by atoms with Crippen molar-refractivity contribution < 1.29 is 41.8 Å². The molecule has 282 valence electrons. The molecule has 6 rings (SSSR count). The van der Waals surface area contributed by atoms with Crippen molar-refractivity contribution in [3.05, 3.63) is 79.0 Å². The summed E-state index contributed by atoms with van der Waals surface area (Å²) in [6, 6.07) is 14.0. The molecular weight excluding hydrogens is 703 g/mol. The number of carbonyl (C=O) groups is 4. The van der Waals surface area contributed by atoms with Crippen LogP contribution in [0.25, 0.3) is 10.8 Å². The number of hydrogen-bond donors (Lipinski definition) is 3. The maximum atomic E-state index is 14.5. The zero-order valence-corrected chi connectivity index (χ0v) is 31.0. The van der Waals surface area contributed by atoms with E-state index in [4.69, 9.17) is 14.2 Å². The third-order valence-electron chi connectivity index (χ3n) is 9.90. The molecule has 0 radical (unpaired) electrons. The molecule has 1 aliphatic heterocycles. The van der Waals surface area contributed by atoms with E-state index in [2.05, 4.69) is 26.9 Å². The molecule has 53 heavy (non-hydrogen) atoms. The van der Waals surface area contributed by atoms with Crippen molar-refractivity contribution in [1.82, 2.24) is 25.2 Å². The van der Waals surface area contributed by atoms with Crippen LogP contribution in [0.5, 0.6) is 11.6 Å². The zero-order chi connectivity index (χ0) is 38.1. The minimum absolute atomic E-state index is 0.0118. The van der Waals surface area contributed by atoms with Gasteiger partial charge in [0.1, 0.15) is 36.1 Å². The number of rotatable bonds is 13. The molecule has 14 nitrogen and oxygen atoms in total. The second-order valence-corrected chi connectivity index (χ2v) is 16.8. The average Bonchev–Trinajstić information content (AvgIpc) is 4.06. The lowest BCUT2D eigenvalue weighted by Gasteiger charge is -2.35. The first-order valence-corrected chi connectivity index (χ1v) is 19.1. The minimum atomic E-state index is -3.90. The number of alkyl carbamates (subject to hydrolysis) is 1. The summed E-state index contributed by atoms with van der Waals surface area (Å²) in [7, 11) is -2.34. The quantitative estimate of drug-likeness (QED) is 0.219. The lowest BCUT2D eigenvalue weighted by Crippen LogP contribution is -2.60. The second-order valence-electron chi connectivity index (χ2n) is 14.9. The third-order valence-corrected chi connectivity index (χ3v) is 11.7. The normalized spacial score (nSPS) is 23.0. The van der Waals surface area contributed by atoms with Crippen LogP contribution in [0.2, 0.25) is 0 Å². The zero-order valence-electron chi connectivity index (χ0n) is 30.2. The van der Waals surface area contributed by atoms with Crippen molar-refractivity contribution in [3.63, 3.8) is 0 Å². The first kappa shape index (κ1) is 37.6. The Kier molecular flexibility index (Phi) is 10.4. The average molecular weight is 748 g/mol. The van der Waals surface area contributed by atoms with Crippen LogP contribution in [0.15, 0.2) is 73.4 Å². The van der Waals surface area contributed by atoms with Crippen molar-refractivity contribution in [2.45, 2.75) is 82.0 Å². The van der Waals surface area contributed by atoms with Crippen LogP contribution in [0.1, 0.15) is 52.0 Å². The molecule has 5 atom stereocenters. The molecule has 3 aliphatic rings. The van der Waals surface area contributed by atoms with Gasteiger partial charge in [0.15, 0.2) is 0 Å². The van der Waals surface area contributed by atoms with Crippen molar-refractivity contribution in [2.24, 2.45) is 11.3 Å². The van der Waals surface area contributed by atoms with E-state index in [1.165, 1.54) is 11.0 Å². The van der Waals surface area contributed by atoms with Crippen LogP contribution in [-0.4, -0.2) is 84.7 Å². The Labute approximate surface area is 308 Å². The predicted octanol–water partition coefficient (Wildman–Crippen LogP) is 3.60. The molecule has 4 amide bonds. The lowest BCUT2D eigenvalue weighted by molar-refractivity contribution is -0.142. The van der Waals surface area contributed by atoms with Gasteiger partial charge in [0.25, 0.3) is 5.91 Å². The summed E-state index contributed by atoms with van der Waals surface area (Å²) in [4.78, 5) is 61.1. The molecule has 15 heteroatoms. The molecule has 0 spiro atoms. The first-order valence-electron chi connectivity index (χ1n) is 17.5. The van der Waals surface area contributed by atoms with Gasteiger partial charge in [-0.2, -0.15) is 0 Å². The van der Waals surface area contributed by atoms with Gasteiger partial charge in [-0.1, -0.05) is 57.2 Å². The highest BCUT2D eigenvalue weighted by Crippen LogP contribution is 2.45. The highest BCUT2D eigenvalue weighted by molar-refractivity contribution is 7.91. The van der Waals surface area contributed by atoms with Gasteiger partial charge in [-0.15, -0.1) is 6.58 Å². The summed E-state index contributed by atoms with van der Waals surface area (Å²) >= 11 is 0. The van der Waals surface area contributed by atoms with E-state index in [0.29, 0.717) is 24.0 Å². The number of nitrogens with one attached hydrogen (secondary N) is 3. The number of pyridine rings is 1. The van der Waals surface area contributed by atoms with Crippen LogP contribution >= 0.6 is 0 Å². The van der Waals surface area contributed by atoms with Gasteiger partial charge >= 0.3 is 6.09 Å². The molecule has 3 aromatic rings. The van der Waals surface area contributed by atoms with E-state index < -0.39 is 74.1 Å². The van der Waals surface area contributed by atoms with Crippen LogP contribution in [0.4, 0.5) is 4.79 Å². The van der Waals surface area contributed by atoms with Gasteiger partial charge in [-0.3, -0.25) is 19.1 Å². The highest BCUT2D eigenvalue weighted by atomic mass is 32.2. The van der Waals surface area contributed by atoms with Gasteiger partial charge in [0.2, 0.25) is 27.7 Å². The van der Waals surface area contributed by atoms with E-state index in [1.54, 1.807) is 58.3 Å². The fraction of sp³-hybridized carbons (Fsp3) is 0.447. The number of likely N-dealkylation sites (tertiary alicyclic amines) is 1. The summed E-state index contributed by atoms with van der Waals surface area (Å²) in [6.45, 7) is 9.02. The van der Waals surface area contributed by atoms with Crippen LogP contribution in [-0.2, 0) is 35.8 Å². The van der Waals surface area contributed by atoms with Crippen molar-refractivity contribution >= 4 is 44.6 Å². The second kappa shape index (κ2) is 14.7. The Balaban J connectivity index is 1.26. The molecule has 1 aromatic heterocycles. The minimum Gasteiger partial charge on any atom is -0.497 e. The highest BCUT2D eigenvalue weighted by Gasteiger charge is 2.62. The predicted molar refractivity (Wildman–Crippen MR) is 195 cm³/mol. The Hall–Kier alpha value is -5.18. The Morgan fingerprint density at radius 2 is 1.83 bits per heavy atom. The maximum absolute atomic E-state index is 14.5. The summed E-state index contributed by atoms with van der Waals surface area (Å²) in [6.07, 6.45) is 2.59. The fourth-order valence-corrected chi connectivity index (χ4v) is 7.96. The summed E-state index contributed by atoms with van der Waals surface area (Å²) in [5.74, 6) is -1.69. The standard InChI is InChI=1S/C38H45N5O9S/c1-6-25-20-38(25,35(46)42-53(48,49)28-13-14-28)41-32(44)30-19-27(52-33-29-15-12-26(50-5)18-24(29)16-17-39-33)21-43(30)34(45)31(37(2,3)4)40-36(47)51-22-23-10-8-7-9-11-23/h6-12,15-18,25,27-28,30-31H,1,13-14,19-22H2,2-5H3,(H,40,47)(H,41,44)(H,42,46)/t25-,27-,30+,31-,38-/m1/s1. The number of fused-ring (bicyclic) bond motifs is 1. The molecule has 3 N–H and O–H groups in total. The van der Waals surface area contributed by atoms with Crippen LogP contribution < -0.4 is 24.8 Å². The summed E-state index contributed by atoms with van der Waals surface area (Å²) in [5.41, 5.74) is -1.63. The topological polar surface area (TPSA) is 182 Å². The van der Waals surface area contributed by atoms with Gasteiger partial charge in [-0.05, 0) is 59.9 Å². The van der Waals surface area contributed by atoms with E-state index >= 15 is 0 Å². The number of methoxy groups -OCH3 is 1. The number of hydrogen-bond acceptors (Lipinski definition) is 10. The molecule has 2 aromatic carbocycles. The Morgan fingerprint density at radius 1 is 1.09 bits per heavy atom. The molecular formula is C38H45N5O9S. The number of sulfonamides is 1. The van der Waals surface area contributed by atoms with Crippen molar-refractivity contribution in [2.75, 3.05) is 13.7 Å². The van der Waals surface area contributed by atoms with E-state index in [0.717, 1.165) is 10.9 Å². The number of aromatic nitrogens is 1. The number of ether oxygens (including phenoxy) is 3. The first-order chi connectivity index (χ1) is 25.1. The van der Waals surface area contributed by atoms with Gasteiger partial charge in [0.05, 0.1) is 18.9 Å². The third kappa shape index (κ3) is 8.24. The molecule has 2 aliphatic carbocycles. The smallest absolute Gasteiger partial charge is 0.408 e. The van der Waals surface area contributed by atoms with E-state index in [9.17, 15) is 27.6 Å². The molecule has 1 saturated heterocycles. The van der Waals surface area contributed by atoms with Crippen LogP contribution in [0, 0.1) is 11.3 Å². The molecule has 0 unspecified atom stereocenters. The molecule has 0 bridgehead atoms. The van der Waals surface area contributed by atoms with E-state index in [-0.39, 0.29) is 31.9 Å². The Morgan fingerprint density at radius 3 is 2.47 bits per heavy atom. The molecule has 2 saturated carbocycles. The maximum Gasteiger partial charge on any atom is 0.408 e. The number of amides is 4. The van der Waals surface area contributed by atoms with Crippen LogP contribution in [0.3, 0.4) is 0 Å². The monoisotopic (exact) mass is 747 g/mol. The SMILES string of the molecule is C=C[C@@H]1C[C@]1(NC(=O)[C@@H]1C[C@@H](Oc2nccc3cc(OC)ccc23)CN1C(=O)[C@@H](NC(=O)OCc1ccccc1)C(C)(C)C)C(=O)NS(=O)(=O)C1CC1. The summed E-state index contributed by atoms with van der Waals surface area (Å²) in [5, 5.41) is 6.34. The number of nitrogens with zero attached hydrogens (tertiary/aromatic N) is 2. The van der Waals surface area contributed by atoms with Gasteiger partial charge in [0, 0.05) is 23.9 Å². The Bertz CT molecular complexity index is 2010. The van der Waals surface area contributed by atoms with Gasteiger partial charge < -0.3 is 29.7 Å². The number of benzene rings is 2. The fourth-order valence-electron chi connectivity index (χ4n) is 6.60. The summed E-state index contributed by atoms with van der Waals surface area (Å²) < 4.78 is 44.7. The number of carbonyl (C=O) groups excluding carboxylic acids is 4. The van der Waals surface area contributed by atoms with Crippen molar-refractivity contribution in [1.29, 1.82) is 0 Å². The van der Waals surface area contributed by atoms with Crippen molar-refractivity contribution in [3.8, 4) is 11.6 Å².